The molecule has 0 fully saturated rings. The third-order valence-electron chi connectivity index (χ3n) is 0. The van der Waals surface area contributed by atoms with Crippen LogP contribution in [0.1, 0.15) is 27.7 Å². The predicted octanol–water partition coefficient (Wildman–Crippen LogP) is 2.30. The van der Waals surface area contributed by atoms with Crippen LogP contribution < -0.4 is 0 Å². The molecular formula is C7H16Sn. The van der Waals surface area contributed by atoms with Gasteiger partial charge in [0.15, 0.2) is 0 Å². The van der Waals surface area contributed by atoms with E-state index in [2.05, 4.69) is 27.4 Å². The topological polar surface area (TPSA) is 0 Å². The van der Waals surface area contributed by atoms with Gasteiger partial charge in [0.2, 0.25) is 0 Å². The van der Waals surface area contributed by atoms with Gasteiger partial charge < -0.3 is 0 Å². The average Bonchev–Trinajstić information content (AvgIpc) is 1.27. The Morgan fingerprint density at radius 2 is 1.38 bits per heavy atom. The maximum absolute atomic E-state index is 3.36. The van der Waals surface area contributed by atoms with E-state index in [1.165, 1.54) is 22.5 Å². The zero-order chi connectivity index (χ0) is 7.21. The molecule has 0 aliphatic carbocycles. The molecule has 0 aromatic carbocycles. The Bertz CT molecular complexity index is 43.9. The van der Waals surface area contributed by atoms with Crippen molar-refractivity contribution >= 4 is 22.5 Å². The van der Waals surface area contributed by atoms with Crippen molar-refractivity contribution in [2.75, 3.05) is 0 Å². The molecule has 48 valence electrons. The van der Waals surface area contributed by atoms with Crippen LogP contribution in [0.3, 0.4) is 0 Å². The normalized spacial score (nSPS) is 9.12. The second-order valence-corrected chi connectivity index (χ2v) is 7.72. The maximum atomic E-state index is 3.36. The van der Waals surface area contributed by atoms with Crippen LogP contribution in [0, 0.1) is 0 Å². The molecule has 0 amide bonds. The Morgan fingerprint density at radius 1 is 1.38 bits per heavy atom. The molecule has 0 saturated heterocycles. The van der Waals surface area contributed by atoms with Crippen LogP contribution in [-0.4, -0.2) is 22.5 Å². The number of hydrogen-bond acceptors (Lipinski definition) is 0. The van der Waals surface area contributed by atoms with Gasteiger partial charge in [-0.15, -0.1) is 6.58 Å². The summed E-state index contributed by atoms with van der Waals surface area (Å²) < 4.78 is 0.630. The van der Waals surface area contributed by atoms with E-state index in [1.54, 1.807) is 6.08 Å². The second kappa shape index (κ2) is 5.67. The van der Waals surface area contributed by atoms with E-state index in [4.69, 9.17) is 0 Å². The molecule has 2 radical (unpaired) electrons. The summed E-state index contributed by atoms with van der Waals surface area (Å²) in [7, 11) is 0. The molecule has 0 aliphatic rings. The molecule has 8 heavy (non-hydrogen) atoms. The van der Waals surface area contributed by atoms with E-state index >= 15 is 0 Å². The van der Waals surface area contributed by atoms with Gasteiger partial charge in [0.05, 0.1) is 0 Å². The zero-order valence-corrected chi connectivity index (χ0v) is 9.66. The molecule has 0 atom stereocenters. The third kappa shape index (κ3) is 691. The van der Waals surface area contributed by atoms with E-state index < -0.39 is 0 Å². The van der Waals surface area contributed by atoms with Crippen LogP contribution in [-0.2, 0) is 0 Å². The summed E-state index contributed by atoms with van der Waals surface area (Å²) in [6, 6.07) is 0. The second-order valence-electron chi connectivity index (χ2n) is 2.77. The van der Waals surface area contributed by atoms with Crippen LogP contribution in [0.4, 0.5) is 0 Å². The van der Waals surface area contributed by atoms with E-state index in [0.29, 0.717) is 3.43 Å². The van der Waals surface area contributed by atoms with Crippen LogP contribution >= 0.6 is 0 Å². The van der Waals surface area contributed by atoms with Gasteiger partial charge in [0.25, 0.3) is 0 Å². The average molecular weight is 219 g/mol. The van der Waals surface area contributed by atoms with Gasteiger partial charge >= 0.3 is 46.7 Å². The Morgan fingerprint density at radius 3 is 1.38 bits per heavy atom. The van der Waals surface area contributed by atoms with E-state index in [0.717, 1.165) is 0 Å². The van der Waals surface area contributed by atoms with Crippen LogP contribution in [0.5, 0.6) is 0 Å². The quantitative estimate of drug-likeness (QED) is 0.433. The van der Waals surface area contributed by atoms with Crippen molar-refractivity contribution < 1.29 is 0 Å². The van der Waals surface area contributed by atoms with Gasteiger partial charge in [-0.05, 0) is 6.92 Å². The molecule has 0 rings (SSSR count). The van der Waals surface area contributed by atoms with E-state index in [1.807, 2.05) is 6.92 Å². The Balaban J connectivity index is 0. The minimum atomic E-state index is 0.630. The fraction of sp³-hybridized carbons (Fsp3) is 0.714. The first-order valence-corrected chi connectivity index (χ1v) is 4.42. The monoisotopic (exact) mass is 220 g/mol. The summed E-state index contributed by atoms with van der Waals surface area (Å²) in [4.78, 5) is 0. The fourth-order valence-corrected chi connectivity index (χ4v) is 0. The summed E-state index contributed by atoms with van der Waals surface area (Å²) in [5, 5.41) is 0. The van der Waals surface area contributed by atoms with Crippen molar-refractivity contribution in [1.29, 1.82) is 0 Å². The van der Waals surface area contributed by atoms with E-state index in [9.17, 15) is 0 Å². The van der Waals surface area contributed by atoms with Gasteiger partial charge in [0, 0.05) is 0 Å². The summed E-state index contributed by atoms with van der Waals surface area (Å²) >= 11 is 1.36. The standard InChI is InChI=1S/C4H9.C3H6.Sn.H/c1-4(2)3;1-3-2;;/h1-3H3;3H,1H2,2H3;;. The molecule has 0 nitrogen and oxygen atoms in total. The van der Waals surface area contributed by atoms with Crippen molar-refractivity contribution in [3.63, 3.8) is 0 Å². The number of rotatable bonds is 0. The molecule has 0 heterocycles. The predicted molar refractivity (Wildman–Crippen MR) is 42.7 cm³/mol. The van der Waals surface area contributed by atoms with Gasteiger partial charge in [-0.2, -0.15) is 0 Å². The van der Waals surface area contributed by atoms with Gasteiger partial charge in [-0.25, -0.2) is 0 Å². The molecule has 0 spiro atoms. The summed E-state index contributed by atoms with van der Waals surface area (Å²) in [6.07, 6.45) is 1.75. The summed E-state index contributed by atoms with van der Waals surface area (Å²) in [5.74, 6) is 0. The summed E-state index contributed by atoms with van der Waals surface area (Å²) in [5.41, 5.74) is 0. The van der Waals surface area contributed by atoms with Gasteiger partial charge in [0.1, 0.15) is 0 Å². The minimum absolute atomic E-state index is 0.630. The Hall–Kier alpha value is 0.539. The first-order chi connectivity index (χ1) is 3.41. The Labute approximate surface area is 66.5 Å². The zero-order valence-electron chi connectivity index (χ0n) is 6.36. The first kappa shape index (κ1) is 11.4. The van der Waals surface area contributed by atoms with Crippen molar-refractivity contribution in [2.24, 2.45) is 0 Å². The number of allylic oxidation sites excluding steroid dienone is 1. The molecule has 0 aliphatic heterocycles. The van der Waals surface area contributed by atoms with Crippen LogP contribution in [0.15, 0.2) is 12.7 Å². The van der Waals surface area contributed by atoms with Crippen LogP contribution in [0.2, 0.25) is 3.43 Å². The van der Waals surface area contributed by atoms with Crippen molar-refractivity contribution in [1.82, 2.24) is 0 Å². The molecule has 0 unspecified atom stereocenters. The molecule has 0 aromatic heterocycles. The van der Waals surface area contributed by atoms with Crippen molar-refractivity contribution in [3.8, 4) is 0 Å². The molecule has 0 N–H and O–H groups in total. The fourth-order valence-electron chi connectivity index (χ4n) is 0. The van der Waals surface area contributed by atoms with Crippen LogP contribution in [0.25, 0.3) is 0 Å². The molecule has 1 heteroatoms. The molecule has 0 bridgehead atoms. The molecule has 0 aromatic rings. The first-order valence-electron chi connectivity index (χ1n) is 2.77. The van der Waals surface area contributed by atoms with Gasteiger partial charge in [-0.1, -0.05) is 6.08 Å². The summed E-state index contributed by atoms with van der Waals surface area (Å²) in [6.45, 7) is 12.0. The molecular weight excluding hydrogens is 203 g/mol. The SMILES string of the molecule is C=CC.C[C](C)(C)[SnH]. The number of hydrogen-bond donors (Lipinski definition) is 0. The van der Waals surface area contributed by atoms with E-state index in [-0.39, 0.29) is 0 Å². The Kier molecular flexibility index (Phi) is 8.05. The van der Waals surface area contributed by atoms with Crippen molar-refractivity contribution in [3.05, 3.63) is 12.7 Å². The van der Waals surface area contributed by atoms with Crippen molar-refractivity contribution in [2.45, 2.75) is 31.1 Å². The molecule has 0 saturated carbocycles. The third-order valence-corrected chi connectivity index (χ3v) is 0. The van der Waals surface area contributed by atoms with Gasteiger partial charge in [-0.3, -0.25) is 0 Å².